The molecule has 0 spiro atoms. The van der Waals surface area contributed by atoms with E-state index in [2.05, 4.69) is 5.32 Å². The molecule has 6 rings (SSSR count). The fourth-order valence-corrected chi connectivity index (χ4v) is 4.75. The Morgan fingerprint density at radius 1 is 0.892 bits per heavy atom. The van der Waals surface area contributed by atoms with Gasteiger partial charge in [0.25, 0.3) is 5.91 Å². The first-order valence-electron chi connectivity index (χ1n) is 11.6. The van der Waals surface area contributed by atoms with Crippen molar-refractivity contribution < 1.29 is 13.6 Å². The Morgan fingerprint density at radius 3 is 2.35 bits per heavy atom. The van der Waals surface area contributed by atoms with Gasteiger partial charge in [-0.1, -0.05) is 12.1 Å². The van der Waals surface area contributed by atoms with Crippen molar-refractivity contribution in [2.45, 2.75) is 0 Å². The van der Waals surface area contributed by atoms with Gasteiger partial charge < -0.3 is 9.73 Å². The second kappa shape index (κ2) is 8.34. The van der Waals surface area contributed by atoms with Gasteiger partial charge in [-0.3, -0.25) is 18.5 Å². The first kappa shape index (κ1) is 22.5. The van der Waals surface area contributed by atoms with E-state index in [0.717, 1.165) is 33.4 Å². The van der Waals surface area contributed by atoms with Crippen molar-refractivity contribution in [3.8, 4) is 28.2 Å². The third-order valence-electron chi connectivity index (χ3n) is 6.72. The Morgan fingerprint density at radius 2 is 1.62 bits per heavy atom. The monoisotopic (exact) mass is 495 g/mol. The molecule has 0 saturated carbocycles. The number of hydrogen-bond acceptors (Lipinski definition) is 4. The number of hydrogen-bond donors (Lipinski definition) is 1. The molecule has 8 nitrogen and oxygen atoms in total. The molecular formula is C28H22FN5O3. The predicted molar refractivity (Wildman–Crippen MR) is 139 cm³/mol. The van der Waals surface area contributed by atoms with Crippen LogP contribution >= 0.6 is 0 Å². The fraction of sp³-hybridized carbons (Fsp3) is 0.107. The van der Waals surface area contributed by atoms with Crippen LogP contribution in [-0.2, 0) is 14.1 Å². The molecule has 1 amide bonds. The molecule has 0 saturated heterocycles. The molecule has 0 radical (unpaired) electrons. The number of carbonyl (C=O) groups excluding carboxylic acids is 1. The maximum atomic E-state index is 14.6. The van der Waals surface area contributed by atoms with E-state index in [1.165, 1.54) is 19.2 Å². The summed E-state index contributed by atoms with van der Waals surface area (Å²) in [6, 6.07) is 17.9. The van der Waals surface area contributed by atoms with Crippen LogP contribution in [0, 0.1) is 5.82 Å². The summed E-state index contributed by atoms with van der Waals surface area (Å²) < 4.78 is 25.2. The third kappa shape index (κ3) is 3.47. The molecule has 184 valence electrons. The molecule has 1 N–H and O–H groups in total. The Hall–Kier alpha value is -4.92. The highest BCUT2D eigenvalue weighted by Gasteiger charge is 2.18. The molecule has 0 aliphatic heterocycles. The van der Waals surface area contributed by atoms with Crippen molar-refractivity contribution in [3.05, 3.63) is 95.1 Å². The maximum absolute atomic E-state index is 14.6. The lowest BCUT2D eigenvalue weighted by atomic mass is 10.0. The molecule has 3 aromatic heterocycles. The molecule has 0 aliphatic rings. The van der Waals surface area contributed by atoms with Gasteiger partial charge in [0.15, 0.2) is 0 Å². The molecule has 0 fully saturated rings. The van der Waals surface area contributed by atoms with Crippen LogP contribution in [0.15, 0.2) is 82.4 Å². The minimum atomic E-state index is -0.594. The van der Waals surface area contributed by atoms with Crippen molar-refractivity contribution in [2.75, 3.05) is 7.05 Å². The summed E-state index contributed by atoms with van der Waals surface area (Å²) in [5.74, 6) is -0.401. The van der Waals surface area contributed by atoms with Crippen LogP contribution in [0.5, 0.6) is 0 Å². The first-order valence-corrected chi connectivity index (χ1v) is 11.6. The van der Waals surface area contributed by atoms with E-state index in [-0.39, 0.29) is 11.3 Å². The molecule has 0 atom stereocenters. The molecule has 3 heterocycles. The number of nitrogens with one attached hydrogen (secondary N) is 1. The minimum Gasteiger partial charge on any atom is -0.472 e. The SMILES string of the molecule is CNC(=O)c1ccc(-c2ccc3c(c2)nc(-c2ccoc2)n3-c2ccc3c(c2)n(C)c(=O)n3C)cc1F. The van der Waals surface area contributed by atoms with Crippen molar-refractivity contribution >= 4 is 28.0 Å². The lowest BCUT2D eigenvalue weighted by Crippen LogP contribution is -2.19. The van der Waals surface area contributed by atoms with E-state index in [4.69, 9.17) is 9.40 Å². The summed E-state index contributed by atoms with van der Waals surface area (Å²) in [6.07, 6.45) is 3.22. The van der Waals surface area contributed by atoms with Gasteiger partial charge in [-0.05, 0) is 59.7 Å². The molecule has 6 aromatic rings. The molecule has 37 heavy (non-hydrogen) atoms. The smallest absolute Gasteiger partial charge is 0.328 e. The van der Waals surface area contributed by atoms with Crippen molar-refractivity contribution in [2.24, 2.45) is 14.1 Å². The Kier molecular flexibility index (Phi) is 5.08. The fourth-order valence-electron chi connectivity index (χ4n) is 4.75. The van der Waals surface area contributed by atoms with Gasteiger partial charge in [0.2, 0.25) is 0 Å². The van der Waals surface area contributed by atoms with E-state index < -0.39 is 11.7 Å². The van der Waals surface area contributed by atoms with Crippen molar-refractivity contribution in [3.63, 3.8) is 0 Å². The summed E-state index contributed by atoms with van der Waals surface area (Å²) in [5.41, 5.74) is 6.08. The van der Waals surface area contributed by atoms with Crippen molar-refractivity contribution in [1.82, 2.24) is 24.0 Å². The second-order valence-electron chi connectivity index (χ2n) is 8.83. The number of nitrogens with zero attached hydrogens (tertiary/aromatic N) is 4. The van der Waals surface area contributed by atoms with Gasteiger partial charge in [0, 0.05) is 26.8 Å². The topological polar surface area (TPSA) is 87.0 Å². The average molecular weight is 496 g/mol. The highest BCUT2D eigenvalue weighted by molar-refractivity contribution is 5.95. The summed E-state index contributed by atoms with van der Waals surface area (Å²) in [5, 5.41) is 2.44. The van der Waals surface area contributed by atoms with Crippen LogP contribution in [0.1, 0.15) is 10.4 Å². The van der Waals surface area contributed by atoms with E-state index in [0.29, 0.717) is 16.9 Å². The predicted octanol–water partition coefficient (Wildman–Crippen LogP) is 4.64. The summed E-state index contributed by atoms with van der Waals surface area (Å²) in [7, 11) is 4.96. The van der Waals surface area contributed by atoms with E-state index in [9.17, 15) is 14.0 Å². The van der Waals surface area contributed by atoms with Gasteiger partial charge in [0.1, 0.15) is 17.9 Å². The summed E-state index contributed by atoms with van der Waals surface area (Å²) in [6.45, 7) is 0. The van der Waals surface area contributed by atoms with Gasteiger partial charge in [-0.25, -0.2) is 14.2 Å². The van der Waals surface area contributed by atoms with Gasteiger partial charge in [-0.15, -0.1) is 0 Å². The molecular weight excluding hydrogens is 473 g/mol. The van der Waals surface area contributed by atoms with E-state index in [1.54, 1.807) is 41.8 Å². The second-order valence-corrected chi connectivity index (χ2v) is 8.83. The van der Waals surface area contributed by atoms with Crippen LogP contribution in [0.25, 0.3) is 50.3 Å². The number of fused-ring (bicyclic) bond motifs is 2. The van der Waals surface area contributed by atoms with Crippen molar-refractivity contribution in [1.29, 1.82) is 0 Å². The zero-order valence-corrected chi connectivity index (χ0v) is 20.3. The number of furan rings is 1. The lowest BCUT2D eigenvalue weighted by Gasteiger charge is -2.10. The highest BCUT2D eigenvalue weighted by Crippen LogP contribution is 2.33. The summed E-state index contributed by atoms with van der Waals surface area (Å²) >= 11 is 0. The number of aryl methyl sites for hydroxylation is 2. The van der Waals surface area contributed by atoms with E-state index >= 15 is 0 Å². The zero-order valence-electron chi connectivity index (χ0n) is 20.3. The Labute approximate surface area is 210 Å². The highest BCUT2D eigenvalue weighted by atomic mass is 19.1. The van der Waals surface area contributed by atoms with Crippen LogP contribution in [0.4, 0.5) is 4.39 Å². The number of benzene rings is 3. The van der Waals surface area contributed by atoms with Crippen LogP contribution < -0.4 is 11.0 Å². The Bertz CT molecular complexity index is 1890. The normalized spacial score (nSPS) is 11.5. The standard InChI is InChI=1S/C28H22FN5O3/c1-30-27(35)20-7-4-16(12-21(20)29)17-5-8-23-22(13-17)31-26(18-10-11-37-15-18)34(23)19-6-9-24-25(14-19)33(3)28(36)32(24)2/h4-15H,1-3H3,(H,30,35). The van der Waals surface area contributed by atoms with Crippen LogP contribution in [-0.4, -0.2) is 31.6 Å². The molecule has 3 aromatic carbocycles. The number of carbonyl (C=O) groups is 1. The van der Waals surface area contributed by atoms with Crippen LogP contribution in [0.3, 0.4) is 0 Å². The Balaban J connectivity index is 1.54. The first-order chi connectivity index (χ1) is 17.9. The third-order valence-corrected chi connectivity index (χ3v) is 6.72. The number of imidazole rings is 2. The van der Waals surface area contributed by atoms with Crippen LogP contribution in [0.2, 0.25) is 0 Å². The number of amides is 1. The number of aromatic nitrogens is 4. The van der Waals surface area contributed by atoms with E-state index in [1.807, 2.05) is 47.0 Å². The molecule has 0 unspecified atom stereocenters. The van der Waals surface area contributed by atoms with Gasteiger partial charge >= 0.3 is 5.69 Å². The molecule has 0 aliphatic carbocycles. The lowest BCUT2D eigenvalue weighted by molar-refractivity contribution is 0.0959. The van der Waals surface area contributed by atoms with Gasteiger partial charge in [0.05, 0.1) is 39.5 Å². The maximum Gasteiger partial charge on any atom is 0.328 e. The molecule has 0 bridgehead atoms. The van der Waals surface area contributed by atoms with Gasteiger partial charge in [-0.2, -0.15) is 0 Å². The average Bonchev–Trinajstić information content (AvgIpc) is 3.62. The number of rotatable bonds is 4. The minimum absolute atomic E-state index is 0.00967. The summed E-state index contributed by atoms with van der Waals surface area (Å²) in [4.78, 5) is 29.2. The molecule has 9 heteroatoms. The zero-order chi connectivity index (χ0) is 25.8. The largest absolute Gasteiger partial charge is 0.472 e. The number of halogens is 1. The quantitative estimate of drug-likeness (QED) is 0.386.